The maximum Gasteiger partial charge on any atom is 0.435 e. The Hall–Kier alpha value is -2.97. The van der Waals surface area contributed by atoms with Crippen molar-refractivity contribution in [1.82, 2.24) is 19.7 Å². The number of likely N-dealkylation sites (tertiary alicyclic amines) is 1. The van der Waals surface area contributed by atoms with Gasteiger partial charge in [-0.3, -0.25) is 4.68 Å². The van der Waals surface area contributed by atoms with Gasteiger partial charge in [-0.15, -0.1) is 0 Å². The van der Waals surface area contributed by atoms with Crippen LogP contribution in [0.3, 0.4) is 0 Å². The van der Waals surface area contributed by atoms with Crippen LogP contribution in [0, 0.1) is 0 Å². The molecule has 1 aliphatic rings. The van der Waals surface area contributed by atoms with Crippen molar-refractivity contribution in [3.63, 3.8) is 0 Å². The predicted octanol–water partition coefficient (Wildman–Crippen LogP) is 4.93. The van der Waals surface area contributed by atoms with E-state index in [1.54, 1.807) is 13.0 Å². The summed E-state index contributed by atoms with van der Waals surface area (Å²) in [5.41, 5.74) is 2.15. The number of halogens is 3. The number of nitrogens with zero attached hydrogens (tertiary/aromatic N) is 3. The highest BCUT2D eigenvalue weighted by Crippen LogP contribution is 2.34. The van der Waals surface area contributed by atoms with Crippen molar-refractivity contribution >= 4 is 17.0 Å². The second-order valence-electron chi connectivity index (χ2n) is 7.30. The summed E-state index contributed by atoms with van der Waals surface area (Å²) in [5, 5.41) is 13.7. The minimum absolute atomic E-state index is 0.236. The Labute approximate surface area is 164 Å². The van der Waals surface area contributed by atoms with E-state index in [1.165, 1.54) is 9.58 Å². The number of hydrogen-bond acceptors (Lipinski definition) is 2. The summed E-state index contributed by atoms with van der Waals surface area (Å²) in [4.78, 5) is 15.9. The Balaban J connectivity index is 1.63. The Morgan fingerprint density at radius 3 is 2.59 bits per heavy atom. The molecule has 1 amide bonds. The van der Waals surface area contributed by atoms with Crippen molar-refractivity contribution in [3.8, 4) is 11.3 Å². The molecule has 1 fully saturated rings. The average molecular weight is 406 g/mol. The summed E-state index contributed by atoms with van der Waals surface area (Å²) in [6.07, 6.45) is -3.89. The molecule has 9 heteroatoms. The molecule has 4 rings (SSSR count). The molecule has 0 saturated carbocycles. The highest BCUT2D eigenvalue weighted by atomic mass is 19.4. The van der Waals surface area contributed by atoms with Crippen LogP contribution in [0.25, 0.3) is 22.2 Å². The normalized spacial score (nSPS) is 15.9. The van der Waals surface area contributed by atoms with E-state index in [-0.39, 0.29) is 5.92 Å². The fraction of sp³-hybridized carbons (Fsp3) is 0.400. The zero-order valence-electron chi connectivity index (χ0n) is 15.8. The third-order valence-corrected chi connectivity index (χ3v) is 5.51. The van der Waals surface area contributed by atoms with Crippen LogP contribution in [-0.2, 0) is 12.7 Å². The summed E-state index contributed by atoms with van der Waals surface area (Å²) in [6, 6.07) is 8.61. The first kappa shape index (κ1) is 19.4. The molecule has 1 aromatic carbocycles. The molecule has 0 spiro atoms. The van der Waals surface area contributed by atoms with Crippen molar-refractivity contribution in [2.45, 2.75) is 38.4 Å². The first-order valence-electron chi connectivity index (χ1n) is 9.52. The Morgan fingerprint density at radius 2 is 1.97 bits per heavy atom. The molecule has 154 valence electrons. The van der Waals surface area contributed by atoms with Gasteiger partial charge in [0.05, 0.1) is 5.69 Å². The highest BCUT2D eigenvalue weighted by molar-refractivity contribution is 5.85. The summed E-state index contributed by atoms with van der Waals surface area (Å²) < 4.78 is 40.5. The van der Waals surface area contributed by atoms with Gasteiger partial charge in [0.1, 0.15) is 0 Å². The largest absolute Gasteiger partial charge is 0.465 e. The van der Waals surface area contributed by atoms with Crippen LogP contribution in [0.2, 0.25) is 0 Å². The number of benzene rings is 1. The van der Waals surface area contributed by atoms with Crippen LogP contribution in [0.15, 0.2) is 30.3 Å². The van der Waals surface area contributed by atoms with Crippen molar-refractivity contribution < 1.29 is 23.1 Å². The number of carbonyl (C=O) groups is 1. The smallest absolute Gasteiger partial charge is 0.435 e. The standard InChI is InChI=1S/C20H21F3N4O2/c1-2-27-17(11-18(25-27)20(21,22)23)13-3-4-15-14(9-13)10-16(24-15)12-5-7-26(8-6-12)19(28)29/h3-4,9-12,24H,2,5-8H2,1H3,(H,28,29). The lowest BCUT2D eigenvalue weighted by Gasteiger charge is -2.29. The molecule has 2 N–H and O–H groups in total. The van der Waals surface area contributed by atoms with E-state index in [2.05, 4.69) is 10.1 Å². The maximum absolute atomic E-state index is 13.1. The molecule has 0 bridgehead atoms. The second kappa shape index (κ2) is 7.13. The molecule has 0 radical (unpaired) electrons. The fourth-order valence-corrected chi connectivity index (χ4v) is 3.94. The molecule has 3 aromatic rings. The molecule has 0 atom stereocenters. The van der Waals surface area contributed by atoms with Crippen LogP contribution in [0.1, 0.15) is 37.1 Å². The van der Waals surface area contributed by atoms with Gasteiger partial charge < -0.3 is 15.0 Å². The third kappa shape index (κ3) is 3.68. The van der Waals surface area contributed by atoms with E-state index >= 15 is 0 Å². The number of carboxylic acid groups (broad SMARTS) is 1. The number of alkyl halides is 3. The third-order valence-electron chi connectivity index (χ3n) is 5.51. The van der Waals surface area contributed by atoms with Gasteiger partial charge in [0.2, 0.25) is 0 Å². The lowest BCUT2D eigenvalue weighted by atomic mass is 9.94. The topological polar surface area (TPSA) is 74.2 Å². The molecule has 1 aliphatic heterocycles. The van der Waals surface area contributed by atoms with Crippen molar-refractivity contribution in [3.05, 3.63) is 41.7 Å². The van der Waals surface area contributed by atoms with Crippen LogP contribution in [-0.4, -0.2) is 44.0 Å². The first-order chi connectivity index (χ1) is 13.8. The van der Waals surface area contributed by atoms with E-state index in [9.17, 15) is 18.0 Å². The van der Waals surface area contributed by atoms with E-state index in [0.29, 0.717) is 30.9 Å². The highest BCUT2D eigenvalue weighted by Gasteiger charge is 2.35. The number of rotatable bonds is 3. The molecule has 29 heavy (non-hydrogen) atoms. The quantitative estimate of drug-likeness (QED) is 0.648. The van der Waals surface area contributed by atoms with Crippen LogP contribution >= 0.6 is 0 Å². The van der Waals surface area contributed by atoms with Gasteiger partial charge >= 0.3 is 12.3 Å². The molecular weight excluding hydrogens is 385 g/mol. The minimum Gasteiger partial charge on any atom is -0.465 e. The van der Waals surface area contributed by atoms with E-state index in [4.69, 9.17) is 5.11 Å². The molecule has 3 heterocycles. The average Bonchev–Trinajstić information content (AvgIpc) is 3.31. The van der Waals surface area contributed by atoms with Gasteiger partial charge in [-0.25, -0.2) is 4.79 Å². The number of fused-ring (bicyclic) bond motifs is 1. The Morgan fingerprint density at radius 1 is 1.24 bits per heavy atom. The van der Waals surface area contributed by atoms with Crippen molar-refractivity contribution in [2.24, 2.45) is 0 Å². The number of piperidine rings is 1. The minimum atomic E-state index is -4.48. The molecule has 1 saturated heterocycles. The van der Waals surface area contributed by atoms with Gasteiger partial charge in [0.25, 0.3) is 0 Å². The monoisotopic (exact) mass is 406 g/mol. The van der Waals surface area contributed by atoms with Gasteiger partial charge in [0, 0.05) is 47.7 Å². The summed E-state index contributed by atoms with van der Waals surface area (Å²) in [5.74, 6) is 0.236. The molecule has 0 aliphatic carbocycles. The second-order valence-corrected chi connectivity index (χ2v) is 7.30. The van der Waals surface area contributed by atoms with Crippen LogP contribution in [0.5, 0.6) is 0 Å². The number of amides is 1. The van der Waals surface area contributed by atoms with Gasteiger partial charge in [-0.1, -0.05) is 6.07 Å². The molecule has 6 nitrogen and oxygen atoms in total. The molecular formula is C20H21F3N4O2. The SMILES string of the molecule is CCn1nc(C(F)(F)F)cc1-c1ccc2[nH]c(C3CCN(C(=O)O)CC3)cc2c1. The Bertz CT molecular complexity index is 1050. The lowest BCUT2D eigenvalue weighted by Crippen LogP contribution is -2.36. The number of hydrogen-bond donors (Lipinski definition) is 2. The zero-order valence-corrected chi connectivity index (χ0v) is 15.8. The fourth-order valence-electron chi connectivity index (χ4n) is 3.94. The number of H-pyrrole nitrogens is 1. The lowest BCUT2D eigenvalue weighted by molar-refractivity contribution is -0.141. The van der Waals surface area contributed by atoms with Crippen LogP contribution in [0.4, 0.5) is 18.0 Å². The number of aryl methyl sites for hydroxylation is 1. The number of aromatic nitrogens is 3. The van der Waals surface area contributed by atoms with E-state index in [0.717, 1.165) is 35.5 Å². The van der Waals surface area contributed by atoms with Crippen LogP contribution < -0.4 is 0 Å². The summed E-state index contributed by atoms with van der Waals surface area (Å²) >= 11 is 0. The number of aromatic amines is 1. The maximum atomic E-state index is 13.1. The zero-order chi connectivity index (χ0) is 20.8. The van der Waals surface area contributed by atoms with Gasteiger partial charge in [-0.2, -0.15) is 18.3 Å². The summed E-state index contributed by atoms with van der Waals surface area (Å²) in [7, 11) is 0. The molecule has 2 aromatic heterocycles. The van der Waals surface area contributed by atoms with Crippen molar-refractivity contribution in [2.75, 3.05) is 13.1 Å². The molecule has 0 unspecified atom stereocenters. The van der Waals surface area contributed by atoms with E-state index in [1.807, 2.05) is 18.2 Å². The van der Waals surface area contributed by atoms with Crippen molar-refractivity contribution in [1.29, 1.82) is 0 Å². The number of nitrogens with one attached hydrogen (secondary N) is 1. The van der Waals surface area contributed by atoms with E-state index < -0.39 is 18.0 Å². The predicted molar refractivity (Wildman–Crippen MR) is 102 cm³/mol. The Kier molecular flexibility index (Phi) is 4.76. The summed E-state index contributed by atoms with van der Waals surface area (Å²) in [6.45, 7) is 3.09. The van der Waals surface area contributed by atoms with Gasteiger partial charge in [0.15, 0.2) is 5.69 Å². The first-order valence-corrected chi connectivity index (χ1v) is 9.52. The van der Waals surface area contributed by atoms with Gasteiger partial charge in [-0.05, 0) is 44.0 Å².